The summed E-state index contributed by atoms with van der Waals surface area (Å²) in [5.41, 5.74) is 0. The van der Waals surface area contributed by atoms with Crippen LogP contribution in [-0.4, -0.2) is 50.7 Å². The maximum Gasteiger partial charge on any atom is 0.329 e. The summed E-state index contributed by atoms with van der Waals surface area (Å²) in [5, 5.41) is 11.8. The molecular formula is C5H15BNO4P. The number of aliphatic hydroxyl groups is 1. The Hall–Kier alpha value is 0.295. The summed E-state index contributed by atoms with van der Waals surface area (Å²) in [5.74, 6) is 0. The van der Waals surface area contributed by atoms with Crippen molar-refractivity contribution in [2.75, 3.05) is 26.8 Å². The third kappa shape index (κ3) is 5.88. The molecule has 0 amide bonds. The second-order valence-electron chi connectivity index (χ2n) is 2.15. The Balaban J connectivity index is 3.43. The average Bonchev–Trinajstić information content (AvgIpc) is 2.11. The lowest BCUT2D eigenvalue weighted by atomic mass is 10.1. The molecule has 7 heteroatoms. The van der Waals surface area contributed by atoms with Crippen LogP contribution in [0.2, 0.25) is 0 Å². The molecule has 72 valence electrons. The van der Waals surface area contributed by atoms with Gasteiger partial charge < -0.3 is 24.4 Å². The number of rotatable bonds is 7. The summed E-state index contributed by atoms with van der Waals surface area (Å²) >= 11 is 0. The van der Waals surface area contributed by atoms with Crippen molar-refractivity contribution in [1.29, 1.82) is 0 Å². The molecule has 0 rings (SSSR count). The van der Waals surface area contributed by atoms with Crippen molar-refractivity contribution in [3.63, 3.8) is 0 Å². The Morgan fingerprint density at radius 3 is 2.75 bits per heavy atom. The molecule has 0 radical (unpaired) electrons. The summed E-state index contributed by atoms with van der Waals surface area (Å²) in [4.78, 5) is 8.88. The van der Waals surface area contributed by atoms with Crippen molar-refractivity contribution in [3.8, 4) is 0 Å². The highest BCUT2D eigenvalue weighted by Crippen LogP contribution is 2.30. The number of nitrogens with one attached hydrogen (secondary N) is 1. The molecule has 0 fully saturated rings. The van der Waals surface area contributed by atoms with Gasteiger partial charge >= 0.3 is 8.60 Å². The zero-order valence-electron chi connectivity index (χ0n) is 7.36. The third-order valence-corrected chi connectivity index (χ3v) is 1.94. The number of hydrogen-bond donors (Lipinski definition) is 3. The van der Waals surface area contributed by atoms with E-state index >= 15 is 0 Å². The van der Waals surface area contributed by atoms with Crippen LogP contribution in [-0.2, 0) is 9.05 Å². The van der Waals surface area contributed by atoms with Crippen molar-refractivity contribution in [2.45, 2.75) is 6.04 Å². The van der Waals surface area contributed by atoms with Crippen molar-refractivity contribution in [2.24, 2.45) is 0 Å². The van der Waals surface area contributed by atoms with Gasteiger partial charge in [0.2, 0.25) is 0 Å². The van der Waals surface area contributed by atoms with Crippen LogP contribution >= 0.6 is 8.60 Å². The molecular weight excluding hydrogens is 180 g/mol. The summed E-state index contributed by atoms with van der Waals surface area (Å²) in [6, 6.07) is -0.137. The van der Waals surface area contributed by atoms with Crippen LogP contribution in [0.4, 0.5) is 0 Å². The quantitative estimate of drug-likeness (QED) is 0.337. The van der Waals surface area contributed by atoms with Crippen molar-refractivity contribution >= 4 is 16.4 Å². The Kier molecular flexibility index (Phi) is 8.11. The van der Waals surface area contributed by atoms with Crippen LogP contribution < -0.4 is 5.32 Å². The van der Waals surface area contributed by atoms with Crippen molar-refractivity contribution in [1.82, 2.24) is 5.32 Å². The third-order valence-electron chi connectivity index (χ3n) is 1.26. The van der Waals surface area contributed by atoms with Gasteiger partial charge in [-0.25, -0.2) is 0 Å². The van der Waals surface area contributed by atoms with E-state index in [1.807, 2.05) is 7.85 Å². The van der Waals surface area contributed by atoms with E-state index in [0.717, 1.165) is 6.44 Å². The minimum atomic E-state index is -1.78. The molecule has 0 heterocycles. The first-order valence-corrected chi connectivity index (χ1v) is 4.87. The van der Waals surface area contributed by atoms with Gasteiger partial charge in [-0.15, -0.1) is 0 Å². The maximum atomic E-state index is 8.88. The molecule has 3 N–H and O–H groups in total. The predicted molar refractivity (Wildman–Crippen MR) is 49.5 cm³/mol. The van der Waals surface area contributed by atoms with E-state index in [-0.39, 0.29) is 19.3 Å². The molecule has 2 atom stereocenters. The van der Waals surface area contributed by atoms with E-state index < -0.39 is 8.60 Å². The predicted octanol–water partition coefficient (Wildman–Crippen LogP) is -1.59. The van der Waals surface area contributed by atoms with Gasteiger partial charge in [-0.3, -0.25) is 0 Å². The first-order chi connectivity index (χ1) is 5.74. The number of aliphatic hydroxyl groups excluding tert-OH is 1. The van der Waals surface area contributed by atoms with Crippen LogP contribution in [0.15, 0.2) is 0 Å². The normalized spacial score (nSPS) is 15.9. The molecule has 5 nitrogen and oxygen atoms in total. The average molecular weight is 195 g/mol. The van der Waals surface area contributed by atoms with Crippen molar-refractivity contribution in [3.05, 3.63) is 0 Å². The summed E-state index contributed by atoms with van der Waals surface area (Å²) in [7, 11) is 1.52. The molecule has 0 aliphatic rings. The second-order valence-corrected chi connectivity index (χ2v) is 3.25. The van der Waals surface area contributed by atoms with Crippen molar-refractivity contribution < 1.29 is 19.0 Å². The lowest BCUT2D eigenvalue weighted by Gasteiger charge is -2.15. The Bertz CT molecular complexity index is 109. The fourth-order valence-corrected chi connectivity index (χ4v) is 1.08. The fourth-order valence-electron chi connectivity index (χ4n) is 0.671. The first kappa shape index (κ1) is 12.3. The zero-order valence-corrected chi connectivity index (χ0v) is 8.25. The summed E-state index contributed by atoms with van der Waals surface area (Å²) in [6.45, 7) is 0.237. The van der Waals surface area contributed by atoms with Gasteiger partial charge in [-0.05, 0) is 6.44 Å². The highest BCUT2D eigenvalue weighted by atomic mass is 31.2. The van der Waals surface area contributed by atoms with E-state index in [2.05, 4.69) is 9.84 Å². The lowest BCUT2D eigenvalue weighted by molar-refractivity contribution is 0.165. The van der Waals surface area contributed by atoms with Gasteiger partial charge in [-0.2, -0.15) is 0 Å². The van der Waals surface area contributed by atoms with Crippen LogP contribution in [0.3, 0.4) is 0 Å². The van der Waals surface area contributed by atoms with Crippen LogP contribution in [0.1, 0.15) is 0 Å². The lowest BCUT2D eigenvalue weighted by Crippen LogP contribution is -2.37. The molecule has 0 aromatic carbocycles. The van der Waals surface area contributed by atoms with Gasteiger partial charge in [-0.1, -0.05) is 0 Å². The summed E-state index contributed by atoms with van der Waals surface area (Å²) in [6.07, 6.45) is 0.755. The fraction of sp³-hybridized carbons (Fsp3) is 1.00. The SMILES string of the molecule is BCNC(CO)COP(O)OC. The smallest absolute Gasteiger partial charge is 0.329 e. The Morgan fingerprint density at radius 1 is 1.67 bits per heavy atom. The highest BCUT2D eigenvalue weighted by Gasteiger charge is 2.09. The summed E-state index contributed by atoms with van der Waals surface area (Å²) < 4.78 is 9.38. The highest BCUT2D eigenvalue weighted by molar-refractivity contribution is 7.40. The van der Waals surface area contributed by atoms with Gasteiger partial charge in [0, 0.05) is 7.11 Å². The van der Waals surface area contributed by atoms with E-state index in [1.54, 1.807) is 0 Å². The van der Waals surface area contributed by atoms with Gasteiger partial charge in [0.1, 0.15) is 7.85 Å². The molecule has 2 unspecified atom stereocenters. The minimum Gasteiger partial charge on any atom is -0.395 e. The van der Waals surface area contributed by atoms with Gasteiger partial charge in [0.15, 0.2) is 0 Å². The standard InChI is InChI=1S/C5H15BNO4P/c1-10-12(9)11-3-5(2-8)7-4-6/h5,7-9H,2-4,6H2,1H3. The minimum absolute atomic E-state index is 0.0132. The Morgan fingerprint density at radius 2 is 2.33 bits per heavy atom. The molecule has 0 aliphatic heterocycles. The Labute approximate surface area is 74.5 Å². The molecule has 0 aromatic heterocycles. The molecule has 0 bridgehead atoms. The first-order valence-electron chi connectivity index (χ1n) is 3.74. The van der Waals surface area contributed by atoms with Crippen LogP contribution in [0, 0.1) is 0 Å². The molecule has 0 spiro atoms. The molecule has 0 saturated carbocycles. The van der Waals surface area contributed by atoms with E-state index in [1.165, 1.54) is 7.11 Å². The zero-order chi connectivity index (χ0) is 9.40. The van der Waals surface area contributed by atoms with E-state index in [9.17, 15) is 0 Å². The topological polar surface area (TPSA) is 71.0 Å². The van der Waals surface area contributed by atoms with Gasteiger partial charge in [0.25, 0.3) is 0 Å². The number of hydrogen-bond acceptors (Lipinski definition) is 5. The molecule has 12 heavy (non-hydrogen) atoms. The largest absolute Gasteiger partial charge is 0.395 e. The van der Waals surface area contributed by atoms with E-state index in [4.69, 9.17) is 14.5 Å². The van der Waals surface area contributed by atoms with Crippen LogP contribution in [0.25, 0.3) is 0 Å². The van der Waals surface area contributed by atoms with Gasteiger partial charge in [0.05, 0.1) is 19.3 Å². The molecule has 0 aliphatic carbocycles. The molecule has 0 saturated heterocycles. The van der Waals surface area contributed by atoms with E-state index in [0.29, 0.717) is 0 Å². The second kappa shape index (κ2) is 7.92. The molecule has 0 aromatic rings. The monoisotopic (exact) mass is 195 g/mol. The van der Waals surface area contributed by atoms with Crippen LogP contribution in [0.5, 0.6) is 0 Å². The maximum absolute atomic E-state index is 8.88.